The van der Waals surface area contributed by atoms with Crippen LogP contribution in [0.1, 0.15) is 10.4 Å². The van der Waals surface area contributed by atoms with Gasteiger partial charge in [-0.05, 0) is 70.5 Å². The summed E-state index contributed by atoms with van der Waals surface area (Å²) in [6.45, 7) is 0. The topological polar surface area (TPSA) is 144 Å². The Hall–Kier alpha value is -3.07. The summed E-state index contributed by atoms with van der Waals surface area (Å²) in [6.07, 6.45) is 0. The Bertz CT molecular complexity index is 1550. The first-order valence-corrected chi connectivity index (χ1v) is 13.4. The number of amides is 1. The van der Waals surface area contributed by atoms with Crippen molar-refractivity contribution in [2.45, 2.75) is 9.79 Å². The van der Waals surface area contributed by atoms with Gasteiger partial charge in [0, 0.05) is 7.05 Å². The van der Waals surface area contributed by atoms with Crippen LogP contribution in [0.5, 0.6) is 0 Å². The molecule has 0 spiro atoms. The van der Waals surface area contributed by atoms with Crippen LogP contribution in [-0.4, -0.2) is 34.7 Å². The Morgan fingerprint density at radius 3 is 2.31 bits per heavy atom. The monoisotopic (exact) mass is 605 g/mol. The number of para-hydroxylation sites is 1. The van der Waals surface area contributed by atoms with Crippen LogP contribution in [0, 0.1) is 15.9 Å². The fourth-order valence-electron chi connectivity index (χ4n) is 2.91. The summed E-state index contributed by atoms with van der Waals surface area (Å²) in [7, 11) is -7.83. The van der Waals surface area contributed by atoms with E-state index in [1.165, 1.54) is 31.3 Å². The Morgan fingerprint density at radius 2 is 1.71 bits per heavy atom. The largest absolute Gasteiger partial charge is 0.303 e. The molecule has 0 fully saturated rings. The average Bonchev–Trinajstić information content (AvgIpc) is 2.78. The van der Waals surface area contributed by atoms with E-state index in [2.05, 4.69) is 15.9 Å². The van der Waals surface area contributed by atoms with Gasteiger partial charge in [0.15, 0.2) is 4.90 Å². The number of nitrogens with one attached hydrogen (secondary N) is 1. The van der Waals surface area contributed by atoms with E-state index in [9.17, 15) is 36.1 Å². The number of carbonyl (C=O) groups excluding carboxylic acids is 1. The van der Waals surface area contributed by atoms with Crippen LogP contribution in [-0.2, 0) is 20.0 Å². The van der Waals surface area contributed by atoms with Crippen LogP contribution in [0.25, 0.3) is 0 Å². The predicted octanol–water partition coefficient (Wildman–Crippen LogP) is 4.09. The predicted molar refractivity (Wildman–Crippen MR) is 129 cm³/mol. The highest BCUT2D eigenvalue weighted by Crippen LogP contribution is 2.32. The maximum atomic E-state index is 13.2. The number of sulfonamides is 2. The van der Waals surface area contributed by atoms with Crippen LogP contribution in [0.4, 0.5) is 15.8 Å². The quantitative estimate of drug-likeness (QED) is 0.315. The number of carbonyl (C=O) groups is 1. The van der Waals surface area contributed by atoms with E-state index in [1.807, 2.05) is 0 Å². The number of halogens is 3. The first kappa shape index (κ1) is 26.5. The second-order valence-electron chi connectivity index (χ2n) is 6.87. The van der Waals surface area contributed by atoms with Gasteiger partial charge in [0.1, 0.15) is 5.82 Å². The van der Waals surface area contributed by atoms with Crippen molar-refractivity contribution in [1.82, 2.24) is 4.72 Å². The molecule has 0 atom stereocenters. The molecule has 0 bridgehead atoms. The summed E-state index contributed by atoms with van der Waals surface area (Å²) in [4.78, 5) is 22.0. The van der Waals surface area contributed by atoms with Gasteiger partial charge in [0.25, 0.3) is 26.0 Å². The lowest BCUT2D eigenvalue weighted by Gasteiger charge is -2.20. The molecular formula is C20H14BrClFN3O7S2. The van der Waals surface area contributed by atoms with Crippen molar-refractivity contribution in [3.05, 3.63) is 91.7 Å². The fourth-order valence-corrected chi connectivity index (χ4v) is 6.14. The zero-order valence-corrected chi connectivity index (χ0v) is 21.5. The molecule has 184 valence electrons. The summed E-state index contributed by atoms with van der Waals surface area (Å²) in [5.74, 6) is -1.89. The summed E-state index contributed by atoms with van der Waals surface area (Å²) in [5, 5.41) is 11.1. The van der Waals surface area contributed by atoms with Gasteiger partial charge >= 0.3 is 5.69 Å². The van der Waals surface area contributed by atoms with Gasteiger partial charge in [-0.1, -0.05) is 17.7 Å². The van der Waals surface area contributed by atoms with Crippen LogP contribution in [0.15, 0.2) is 74.9 Å². The minimum absolute atomic E-state index is 0.122. The molecule has 0 aromatic heterocycles. The summed E-state index contributed by atoms with van der Waals surface area (Å²) >= 11 is 8.91. The molecule has 3 aromatic carbocycles. The van der Waals surface area contributed by atoms with Crippen molar-refractivity contribution >= 4 is 64.9 Å². The van der Waals surface area contributed by atoms with E-state index in [4.69, 9.17) is 11.6 Å². The minimum atomic E-state index is -4.76. The fraction of sp³-hybridized carbons (Fsp3) is 0.0500. The lowest BCUT2D eigenvalue weighted by Crippen LogP contribution is -2.32. The SMILES string of the molecule is CN(c1ccc(F)cc1)S(=O)(=O)c1ccc(Cl)c(C(=O)NS(=O)(=O)c2cccc(Br)c2[N+](=O)[O-])c1. The van der Waals surface area contributed by atoms with Crippen molar-refractivity contribution < 1.29 is 30.9 Å². The highest BCUT2D eigenvalue weighted by molar-refractivity contribution is 9.10. The summed E-state index contributed by atoms with van der Waals surface area (Å²) in [6, 6.07) is 11.0. The summed E-state index contributed by atoms with van der Waals surface area (Å²) < 4.78 is 67.1. The van der Waals surface area contributed by atoms with Gasteiger partial charge in [-0.2, -0.15) is 0 Å². The zero-order valence-electron chi connectivity index (χ0n) is 17.5. The van der Waals surface area contributed by atoms with Gasteiger partial charge in [0.2, 0.25) is 0 Å². The van der Waals surface area contributed by atoms with Crippen molar-refractivity contribution in [1.29, 1.82) is 0 Å². The molecule has 0 radical (unpaired) electrons. The molecule has 0 aliphatic rings. The normalized spacial score (nSPS) is 11.7. The second kappa shape index (κ2) is 9.89. The van der Waals surface area contributed by atoms with Crippen LogP contribution >= 0.6 is 27.5 Å². The Labute approximate surface area is 212 Å². The van der Waals surface area contributed by atoms with Gasteiger partial charge in [-0.3, -0.25) is 19.2 Å². The number of anilines is 1. The van der Waals surface area contributed by atoms with E-state index in [0.29, 0.717) is 0 Å². The Balaban J connectivity index is 1.99. The zero-order chi connectivity index (χ0) is 26.1. The van der Waals surface area contributed by atoms with Gasteiger partial charge in [0.05, 0.1) is 30.6 Å². The smallest absolute Gasteiger partial charge is 0.269 e. The Kier molecular flexibility index (Phi) is 7.50. The number of hydrogen-bond acceptors (Lipinski definition) is 7. The van der Waals surface area contributed by atoms with Gasteiger partial charge in [-0.15, -0.1) is 0 Å². The molecule has 3 rings (SSSR count). The number of nitro groups is 1. The maximum Gasteiger partial charge on any atom is 0.303 e. The van der Waals surface area contributed by atoms with Crippen molar-refractivity contribution in [2.24, 2.45) is 0 Å². The number of rotatable bonds is 7. The van der Waals surface area contributed by atoms with E-state index in [-0.39, 0.29) is 15.2 Å². The molecule has 0 saturated carbocycles. The van der Waals surface area contributed by atoms with E-state index in [1.54, 1.807) is 4.72 Å². The third kappa shape index (κ3) is 5.45. The number of nitro benzene ring substituents is 1. The highest BCUT2D eigenvalue weighted by Gasteiger charge is 2.31. The van der Waals surface area contributed by atoms with Gasteiger partial charge < -0.3 is 0 Å². The lowest BCUT2D eigenvalue weighted by molar-refractivity contribution is -0.388. The molecule has 35 heavy (non-hydrogen) atoms. The van der Waals surface area contributed by atoms with Crippen LogP contribution in [0.3, 0.4) is 0 Å². The average molecular weight is 607 g/mol. The summed E-state index contributed by atoms with van der Waals surface area (Å²) in [5.41, 5.74) is -1.19. The van der Waals surface area contributed by atoms with Crippen LogP contribution in [0.2, 0.25) is 5.02 Å². The van der Waals surface area contributed by atoms with E-state index in [0.717, 1.165) is 40.7 Å². The molecule has 0 saturated heterocycles. The first-order chi connectivity index (χ1) is 16.3. The molecule has 0 aliphatic heterocycles. The maximum absolute atomic E-state index is 13.2. The van der Waals surface area contributed by atoms with Crippen LogP contribution < -0.4 is 9.03 Å². The molecule has 1 N–H and O–H groups in total. The molecule has 1 amide bonds. The number of hydrogen-bond donors (Lipinski definition) is 1. The third-order valence-electron chi connectivity index (χ3n) is 4.68. The molecule has 15 heteroatoms. The molecule has 0 aliphatic carbocycles. The lowest BCUT2D eigenvalue weighted by atomic mass is 10.2. The molecule has 10 nitrogen and oxygen atoms in total. The second-order valence-corrected chi connectivity index (χ2v) is 11.8. The number of benzene rings is 3. The van der Waals surface area contributed by atoms with Crippen molar-refractivity contribution in [3.8, 4) is 0 Å². The minimum Gasteiger partial charge on any atom is -0.269 e. The van der Waals surface area contributed by atoms with E-state index < -0.39 is 57.7 Å². The first-order valence-electron chi connectivity index (χ1n) is 9.30. The van der Waals surface area contributed by atoms with Crippen molar-refractivity contribution in [2.75, 3.05) is 11.4 Å². The van der Waals surface area contributed by atoms with Gasteiger partial charge in [-0.25, -0.2) is 25.9 Å². The standard InChI is InChI=1S/C20H14BrClFN3O7S2/c1-25(13-7-5-12(23)6-8-13)35(32,33)14-9-10-17(22)15(11-14)20(27)24-34(30,31)18-4-2-3-16(21)19(18)26(28)29/h2-11H,1H3,(H,24,27). The highest BCUT2D eigenvalue weighted by atomic mass is 79.9. The van der Waals surface area contributed by atoms with Crippen molar-refractivity contribution in [3.63, 3.8) is 0 Å². The molecular weight excluding hydrogens is 593 g/mol. The molecule has 0 heterocycles. The molecule has 0 unspecified atom stereocenters. The number of nitrogens with zero attached hydrogens (tertiary/aromatic N) is 2. The van der Waals surface area contributed by atoms with E-state index >= 15 is 0 Å². The Morgan fingerprint density at radius 1 is 1.09 bits per heavy atom. The molecule has 3 aromatic rings. The third-order valence-corrected chi connectivity index (χ3v) is 8.79.